The summed E-state index contributed by atoms with van der Waals surface area (Å²) in [5, 5.41) is 5.52. The second-order valence-electron chi connectivity index (χ2n) is 7.23. The van der Waals surface area contributed by atoms with E-state index in [4.69, 9.17) is 0 Å². The number of amides is 2. The molecule has 1 fully saturated rings. The maximum Gasteiger partial charge on any atom is 0.237 e. The molecule has 0 bridgehead atoms. The third-order valence-electron chi connectivity index (χ3n) is 5.06. The Morgan fingerprint density at radius 1 is 1.22 bits per heavy atom. The first-order chi connectivity index (χ1) is 12.8. The van der Waals surface area contributed by atoms with Crippen LogP contribution in [0.15, 0.2) is 28.0 Å². The number of hydrogen-bond donors (Lipinski definition) is 2. The number of rotatable bonds is 5. The van der Waals surface area contributed by atoms with Crippen LogP contribution in [0, 0.1) is 0 Å². The van der Waals surface area contributed by atoms with E-state index in [1.807, 2.05) is 0 Å². The predicted molar refractivity (Wildman–Crippen MR) is 107 cm³/mol. The fourth-order valence-corrected chi connectivity index (χ4v) is 5.64. The van der Waals surface area contributed by atoms with Crippen molar-refractivity contribution in [2.24, 2.45) is 0 Å². The first-order valence-electron chi connectivity index (χ1n) is 9.49. The molecule has 0 spiro atoms. The summed E-state index contributed by atoms with van der Waals surface area (Å²) >= 11 is 1.41. The third-order valence-corrected chi connectivity index (χ3v) is 7.95. The van der Waals surface area contributed by atoms with Crippen molar-refractivity contribution in [1.29, 1.82) is 0 Å². The first kappa shape index (κ1) is 20.2. The molecule has 1 heterocycles. The van der Waals surface area contributed by atoms with E-state index in [-0.39, 0.29) is 40.2 Å². The minimum Gasteiger partial charge on any atom is -0.353 e. The van der Waals surface area contributed by atoms with Crippen LogP contribution < -0.4 is 10.6 Å². The molecule has 27 heavy (non-hydrogen) atoms. The Hall–Kier alpha value is -1.54. The Kier molecular flexibility index (Phi) is 6.47. The number of carbonyl (C=O) groups excluding carboxylic acids is 2. The fraction of sp³-hybridized carbons (Fsp3) is 0.579. The molecular formula is C19H26N2O4S2. The van der Waals surface area contributed by atoms with E-state index in [0.717, 1.165) is 30.6 Å². The van der Waals surface area contributed by atoms with Crippen LogP contribution in [0.3, 0.4) is 0 Å². The zero-order valence-electron chi connectivity index (χ0n) is 15.5. The van der Waals surface area contributed by atoms with E-state index < -0.39 is 9.84 Å². The van der Waals surface area contributed by atoms with Gasteiger partial charge in [-0.3, -0.25) is 9.59 Å². The van der Waals surface area contributed by atoms with Gasteiger partial charge in [0.25, 0.3) is 0 Å². The minimum atomic E-state index is -3.59. The Bertz CT molecular complexity index is 815. The molecular weight excluding hydrogens is 384 g/mol. The highest BCUT2D eigenvalue weighted by molar-refractivity contribution is 8.01. The molecule has 0 saturated heterocycles. The summed E-state index contributed by atoms with van der Waals surface area (Å²) in [6.07, 6.45) is 6.52. The van der Waals surface area contributed by atoms with Crippen LogP contribution in [0.1, 0.15) is 51.9 Å². The quantitative estimate of drug-likeness (QED) is 0.728. The molecule has 2 amide bonds. The molecule has 1 atom stereocenters. The van der Waals surface area contributed by atoms with Gasteiger partial charge in [-0.05, 0) is 38.0 Å². The second-order valence-corrected chi connectivity index (χ2v) is 10.7. The van der Waals surface area contributed by atoms with Crippen LogP contribution in [-0.4, -0.2) is 37.3 Å². The molecule has 148 valence electrons. The van der Waals surface area contributed by atoms with Crippen molar-refractivity contribution < 1.29 is 18.0 Å². The molecule has 6 nitrogen and oxygen atoms in total. The first-order valence-corrected chi connectivity index (χ1v) is 12.0. The molecule has 2 aliphatic rings. The lowest BCUT2D eigenvalue weighted by Gasteiger charge is -2.21. The van der Waals surface area contributed by atoms with Gasteiger partial charge >= 0.3 is 0 Å². The number of benzene rings is 1. The van der Waals surface area contributed by atoms with Crippen LogP contribution in [0.5, 0.6) is 0 Å². The largest absolute Gasteiger partial charge is 0.353 e. The fourth-order valence-electron chi connectivity index (χ4n) is 3.45. The van der Waals surface area contributed by atoms with Crippen molar-refractivity contribution in [1.82, 2.24) is 5.32 Å². The lowest BCUT2D eigenvalue weighted by atomic mass is 10.1. The van der Waals surface area contributed by atoms with Gasteiger partial charge in [-0.1, -0.05) is 25.7 Å². The number of carbonyl (C=O) groups is 2. The number of anilines is 1. The highest BCUT2D eigenvalue weighted by Crippen LogP contribution is 2.36. The monoisotopic (exact) mass is 410 g/mol. The van der Waals surface area contributed by atoms with Crippen molar-refractivity contribution in [3.05, 3.63) is 18.2 Å². The zero-order chi connectivity index (χ0) is 19.4. The van der Waals surface area contributed by atoms with Crippen LogP contribution >= 0.6 is 11.8 Å². The SMILES string of the molecule is C[C@H]1Sc2ccc(S(=O)(=O)CCC(=O)NC3CCCCCC3)cc2NC1=O. The van der Waals surface area contributed by atoms with Gasteiger partial charge < -0.3 is 10.6 Å². The molecule has 1 saturated carbocycles. The number of fused-ring (bicyclic) bond motifs is 1. The summed E-state index contributed by atoms with van der Waals surface area (Å²) < 4.78 is 25.2. The molecule has 0 aromatic heterocycles. The summed E-state index contributed by atoms with van der Waals surface area (Å²) in [4.78, 5) is 25.0. The predicted octanol–water partition coefficient (Wildman–Crippen LogP) is 3.12. The van der Waals surface area contributed by atoms with E-state index in [2.05, 4.69) is 10.6 Å². The molecule has 0 unspecified atom stereocenters. The second kappa shape index (κ2) is 8.65. The van der Waals surface area contributed by atoms with E-state index >= 15 is 0 Å². The van der Waals surface area contributed by atoms with E-state index in [0.29, 0.717) is 5.69 Å². The molecule has 1 aliphatic carbocycles. The van der Waals surface area contributed by atoms with Crippen molar-refractivity contribution in [3.8, 4) is 0 Å². The molecule has 0 radical (unpaired) electrons. The average molecular weight is 411 g/mol. The van der Waals surface area contributed by atoms with Crippen LogP contribution in [-0.2, 0) is 19.4 Å². The van der Waals surface area contributed by atoms with Gasteiger partial charge in [-0.25, -0.2) is 8.42 Å². The Labute approximate surface area is 164 Å². The van der Waals surface area contributed by atoms with Gasteiger partial charge in [0.2, 0.25) is 11.8 Å². The summed E-state index contributed by atoms with van der Waals surface area (Å²) in [7, 11) is -3.59. The minimum absolute atomic E-state index is 0.0476. The van der Waals surface area contributed by atoms with Gasteiger partial charge in [0.05, 0.1) is 21.6 Å². The van der Waals surface area contributed by atoms with Gasteiger partial charge in [-0.15, -0.1) is 11.8 Å². The maximum absolute atomic E-state index is 12.6. The molecule has 1 aromatic rings. The van der Waals surface area contributed by atoms with Crippen molar-refractivity contribution in [2.45, 2.75) is 73.0 Å². The molecule has 3 rings (SSSR count). The zero-order valence-corrected chi connectivity index (χ0v) is 17.1. The van der Waals surface area contributed by atoms with Crippen molar-refractivity contribution in [3.63, 3.8) is 0 Å². The topological polar surface area (TPSA) is 92.3 Å². The Morgan fingerprint density at radius 3 is 2.63 bits per heavy atom. The van der Waals surface area contributed by atoms with Gasteiger partial charge in [0.15, 0.2) is 9.84 Å². The number of hydrogen-bond acceptors (Lipinski definition) is 5. The summed E-state index contributed by atoms with van der Waals surface area (Å²) in [6.45, 7) is 1.81. The highest BCUT2D eigenvalue weighted by atomic mass is 32.2. The molecule has 1 aliphatic heterocycles. The normalized spacial score (nSPS) is 21.1. The Morgan fingerprint density at radius 2 is 1.93 bits per heavy atom. The molecule has 2 N–H and O–H groups in total. The van der Waals surface area contributed by atoms with E-state index in [1.54, 1.807) is 19.1 Å². The lowest BCUT2D eigenvalue weighted by Crippen LogP contribution is -2.35. The summed E-state index contributed by atoms with van der Waals surface area (Å²) in [5.41, 5.74) is 0.520. The summed E-state index contributed by atoms with van der Waals surface area (Å²) in [5.74, 6) is -0.576. The smallest absolute Gasteiger partial charge is 0.237 e. The van der Waals surface area contributed by atoms with E-state index in [9.17, 15) is 18.0 Å². The van der Waals surface area contributed by atoms with Gasteiger partial charge in [0, 0.05) is 17.4 Å². The third kappa shape index (κ3) is 5.25. The molecule has 1 aromatic carbocycles. The number of nitrogens with one attached hydrogen (secondary N) is 2. The molecule has 8 heteroatoms. The van der Waals surface area contributed by atoms with Gasteiger partial charge in [0.1, 0.15) is 0 Å². The average Bonchev–Trinajstić information content (AvgIpc) is 2.89. The van der Waals surface area contributed by atoms with Gasteiger partial charge in [-0.2, -0.15) is 0 Å². The van der Waals surface area contributed by atoms with Crippen molar-refractivity contribution in [2.75, 3.05) is 11.1 Å². The van der Waals surface area contributed by atoms with Crippen molar-refractivity contribution >= 4 is 39.1 Å². The Balaban J connectivity index is 1.60. The van der Waals surface area contributed by atoms with E-state index in [1.165, 1.54) is 30.7 Å². The number of sulfone groups is 1. The standard InChI is InChI=1S/C19H26N2O4S2/c1-13-19(23)21-16-12-15(8-9-17(16)26-13)27(24,25)11-10-18(22)20-14-6-4-2-3-5-7-14/h8-9,12-14H,2-7,10-11H2,1H3,(H,20,22)(H,21,23)/t13-/m1/s1. The maximum atomic E-state index is 12.6. The van der Waals surface area contributed by atoms with Crippen LogP contribution in [0.2, 0.25) is 0 Å². The van der Waals surface area contributed by atoms with Crippen LogP contribution in [0.25, 0.3) is 0 Å². The lowest BCUT2D eigenvalue weighted by molar-refractivity contribution is -0.121. The number of thioether (sulfide) groups is 1. The summed E-state index contributed by atoms with van der Waals surface area (Å²) in [6, 6.07) is 4.92. The highest BCUT2D eigenvalue weighted by Gasteiger charge is 2.25. The van der Waals surface area contributed by atoms with Crippen LogP contribution in [0.4, 0.5) is 5.69 Å².